The minimum atomic E-state index is 0.0499. The summed E-state index contributed by atoms with van der Waals surface area (Å²) in [6, 6.07) is 9.21. The van der Waals surface area contributed by atoms with Gasteiger partial charge in [0.1, 0.15) is 5.82 Å². The topological polar surface area (TPSA) is 78.7 Å². The Bertz CT molecular complexity index is 951. The van der Waals surface area contributed by atoms with E-state index in [4.69, 9.17) is 26.3 Å². The Morgan fingerprint density at radius 1 is 1.17 bits per heavy atom. The van der Waals surface area contributed by atoms with Crippen LogP contribution >= 0.6 is 11.6 Å². The van der Waals surface area contributed by atoms with Crippen molar-refractivity contribution in [3.8, 4) is 17.6 Å². The highest BCUT2D eigenvalue weighted by Gasteiger charge is 2.23. The molecule has 1 saturated heterocycles. The molecule has 1 fully saturated rings. The van der Waals surface area contributed by atoms with Crippen LogP contribution in [-0.2, 0) is 11.2 Å². The minimum absolute atomic E-state index is 0.0499. The third-order valence-electron chi connectivity index (χ3n) is 5.05. The molecule has 8 heteroatoms. The number of nitrogens with zero attached hydrogens (tertiary/aromatic N) is 4. The standard InChI is InChI=1S/C21H21ClN4O3/c22-17-10-16(11-18-21(17)29-9-1-8-28-18)13-20(27)26-6-4-25(5-7-26)19-12-15(14-23)2-3-24-19/h2-3,10-12H,1,4-9,13H2. The van der Waals surface area contributed by atoms with Crippen LogP contribution in [0.25, 0.3) is 0 Å². The van der Waals surface area contributed by atoms with Crippen LogP contribution in [0.1, 0.15) is 17.5 Å². The number of amides is 1. The van der Waals surface area contributed by atoms with Gasteiger partial charge in [0.05, 0.1) is 36.3 Å². The predicted octanol–water partition coefficient (Wildman–Crippen LogP) is 2.66. The second-order valence-corrected chi connectivity index (χ2v) is 7.42. The molecule has 29 heavy (non-hydrogen) atoms. The van der Waals surface area contributed by atoms with Gasteiger partial charge in [0, 0.05) is 38.8 Å². The number of halogens is 1. The normalized spacial score (nSPS) is 16.1. The van der Waals surface area contributed by atoms with Gasteiger partial charge in [0.2, 0.25) is 5.91 Å². The number of fused-ring (bicyclic) bond motifs is 1. The van der Waals surface area contributed by atoms with E-state index in [0.717, 1.165) is 17.8 Å². The maximum absolute atomic E-state index is 12.8. The number of carbonyl (C=O) groups excluding carboxylic acids is 1. The molecule has 1 aromatic heterocycles. The van der Waals surface area contributed by atoms with Crippen molar-refractivity contribution >= 4 is 23.3 Å². The third-order valence-corrected chi connectivity index (χ3v) is 5.33. The molecule has 2 aliphatic heterocycles. The lowest BCUT2D eigenvalue weighted by molar-refractivity contribution is -0.130. The Morgan fingerprint density at radius 3 is 2.76 bits per heavy atom. The Kier molecular flexibility index (Phi) is 5.72. The van der Waals surface area contributed by atoms with Crippen LogP contribution in [-0.4, -0.2) is 55.2 Å². The molecule has 0 atom stereocenters. The zero-order valence-electron chi connectivity index (χ0n) is 15.9. The summed E-state index contributed by atoms with van der Waals surface area (Å²) in [4.78, 5) is 21.1. The summed E-state index contributed by atoms with van der Waals surface area (Å²) in [5, 5.41) is 9.52. The van der Waals surface area contributed by atoms with Crippen molar-refractivity contribution in [2.75, 3.05) is 44.3 Å². The lowest BCUT2D eigenvalue weighted by Crippen LogP contribution is -2.49. The van der Waals surface area contributed by atoms with Gasteiger partial charge in [-0.1, -0.05) is 11.6 Å². The van der Waals surface area contributed by atoms with E-state index in [2.05, 4.69) is 16.0 Å². The first-order chi connectivity index (χ1) is 14.1. The zero-order valence-corrected chi connectivity index (χ0v) is 16.7. The van der Waals surface area contributed by atoms with E-state index in [-0.39, 0.29) is 12.3 Å². The molecule has 0 radical (unpaired) electrons. The molecule has 7 nitrogen and oxygen atoms in total. The van der Waals surface area contributed by atoms with E-state index in [1.807, 2.05) is 11.0 Å². The number of benzene rings is 1. The van der Waals surface area contributed by atoms with Crippen LogP contribution in [0, 0.1) is 11.3 Å². The van der Waals surface area contributed by atoms with E-state index in [9.17, 15) is 4.79 Å². The van der Waals surface area contributed by atoms with Crippen molar-refractivity contribution in [2.24, 2.45) is 0 Å². The first-order valence-electron chi connectivity index (χ1n) is 9.61. The second kappa shape index (κ2) is 8.58. The molecule has 0 spiro atoms. The Hall–Kier alpha value is -2.98. The molecular weight excluding hydrogens is 392 g/mol. The van der Waals surface area contributed by atoms with E-state index >= 15 is 0 Å². The van der Waals surface area contributed by atoms with E-state index < -0.39 is 0 Å². The number of nitriles is 1. The average Bonchev–Trinajstić information content (AvgIpc) is 3.00. The fourth-order valence-electron chi connectivity index (χ4n) is 3.52. The van der Waals surface area contributed by atoms with Gasteiger partial charge in [0.15, 0.2) is 11.5 Å². The third kappa shape index (κ3) is 4.38. The number of ether oxygens (including phenoxy) is 2. The highest BCUT2D eigenvalue weighted by atomic mass is 35.5. The van der Waals surface area contributed by atoms with Gasteiger partial charge in [-0.2, -0.15) is 5.26 Å². The second-order valence-electron chi connectivity index (χ2n) is 7.01. The minimum Gasteiger partial charge on any atom is -0.489 e. The fraction of sp³-hybridized carbons (Fsp3) is 0.381. The lowest BCUT2D eigenvalue weighted by Gasteiger charge is -2.35. The van der Waals surface area contributed by atoms with Crippen LogP contribution in [0.15, 0.2) is 30.5 Å². The average molecular weight is 413 g/mol. The van der Waals surface area contributed by atoms with Crippen molar-refractivity contribution in [1.29, 1.82) is 5.26 Å². The number of anilines is 1. The Labute approximate surface area is 174 Å². The van der Waals surface area contributed by atoms with Gasteiger partial charge in [-0.05, 0) is 29.8 Å². The van der Waals surface area contributed by atoms with E-state index in [0.29, 0.717) is 61.5 Å². The quantitative estimate of drug-likeness (QED) is 0.771. The Balaban J connectivity index is 1.38. The number of aromatic nitrogens is 1. The van der Waals surface area contributed by atoms with Gasteiger partial charge < -0.3 is 19.3 Å². The summed E-state index contributed by atoms with van der Waals surface area (Å²) in [5.41, 5.74) is 1.40. The maximum atomic E-state index is 12.8. The molecule has 150 valence electrons. The predicted molar refractivity (Wildman–Crippen MR) is 109 cm³/mol. The van der Waals surface area contributed by atoms with E-state index in [1.165, 1.54) is 0 Å². The number of pyridine rings is 1. The van der Waals surface area contributed by atoms with Crippen molar-refractivity contribution in [3.63, 3.8) is 0 Å². The van der Waals surface area contributed by atoms with Gasteiger partial charge in [0.25, 0.3) is 0 Å². The molecule has 0 aliphatic carbocycles. The smallest absolute Gasteiger partial charge is 0.227 e. The molecular formula is C21H21ClN4O3. The highest BCUT2D eigenvalue weighted by molar-refractivity contribution is 6.32. The van der Waals surface area contributed by atoms with Gasteiger partial charge in [-0.25, -0.2) is 4.98 Å². The van der Waals surface area contributed by atoms with E-state index in [1.54, 1.807) is 24.4 Å². The molecule has 0 saturated carbocycles. The molecule has 2 aliphatic rings. The number of rotatable bonds is 3. The summed E-state index contributed by atoms with van der Waals surface area (Å²) in [7, 11) is 0. The Morgan fingerprint density at radius 2 is 1.97 bits per heavy atom. The summed E-state index contributed by atoms with van der Waals surface area (Å²) in [6.45, 7) is 3.71. The summed E-state index contributed by atoms with van der Waals surface area (Å²) < 4.78 is 11.4. The number of carbonyl (C=O) groups is 1. The van der Waals surface area contributed by atoms with Gasteiger partial charge in [-0.3, -0.25) is 4.79 Å². The largest absolute Gasteiger partial charge is 0.489 e. The molecule has 0 N–H and O–H groups in total. The van der Waals surface area contributed by atoms with Gasteiger partial charge >= 0.3 is 0 Å². The van der Waals surface area contributed by atoms with Crippen LogP contribution in [0.2, 0.25) is 5.02 Å². The van der Waals surface area contributed by atoms with Gasteiger partial charge in [-0.15, -0.1) is 0 Å². The molecule has 4 rings (SSSR count). The van der Waals surface area contributed by atoms with Crippen LogP contribution < -0.4 is 14.4 Å². The van der Waals surface area contributed by atoms with Crippen LogP contribution in [0.4, 0.5) is 5.82 Å². The summed E-state index contributed by atoms with van der Waals surface area (Å²) >= 11 is 6.33. The van der Waals surface area contributed by atoms with Crippen molar-refractivity contribution in [2.45, 2.75) is 12.8 Å². The molecule has 0 bridgehead atoms. The number of hydrogen-bond donors (Lipinski definition) is 0. The number of hydrogen-bond acceptors (Lipinski definition) is 6. The van der Waals surface area contributed by atoms with Crippen LogP contribution in [0.3, 0.4) is 0 Å². The molecule has 3 heterocycles. The SMILES string of the molecule is N#Cc1ccnc(N2CCN(C(=O)Cc3cc(Cl)c4c(c3)OCCCO4)CC2)c1. The molecule has 0 unspecified atom stereocenters. The summed E-state index contributed by atoms with van der Waals surface area (Å²) in [6.07, 6.45) is 2.70. The lowest BCUT2D eigenvalue weighted by atomic mass is 10.1. The molecule has 1 aromatic carbocycles. The number of piperazine rings is 1. The van der Waals surface area contributed by atoms with Crippen molar-refractivity contribution in [1.82, 2.24) is 9.88 Å². The van der Waals surface area contributed by atoms with Crippen molar-refractivity contribution in [3.05, 3.63) is 46.6 Å². The first-order valence-corrected chi connectivity index (χ1v) is 9.99. The molecule has 2 aromatic rings. The monoisotopic (exact) mass is 412 g/mol. The fourth-order valence-corrected chi connectivity index (χ4v) is 3.81. The molecule has 1 amide bonds. The first kappa shape index (κ1) is 19.3. The summed E-state index contributed by atoms with van der Waals surface area (Å²) in [5.74, 6) is 1.98. The zero-order chi connectivity index (χ0) is 20.2. The van der Waals surface area contributed by atoms with Crippen molar-refractivity contribution < 1.29 is 14.3 Å². The highest BCUT2D eigenvalue weighted by Crippen LogP contribution is 2.38. The van der Waals surface area contributed by atoms with Crippen LogP contribution in [0.5, 0.6) is 11.5 Å². The maximum Gasteiger partial charge on any atom is 0.227 e.